The Morgan fingerprint density at radius 1 is 0.941 bits per heavy atom. The van der Waals surface area contributed by atoms with Crippen LogP contribution in [0.5, 0.6) is 0 Å². The van der Waals surface area contributed by atoms with Crippen molar-refractivity contribution in [3.8, 4) is 0 Å². The lowest BCUT2D eigenvalue weighted by Crippen LogP contribution is -2.06. The largest absolute Gasteiger partial charge is 0.481 e. The van der Waals surface area contributed by atoms with Gasteiger partial charge in [0.05, 0.1) is 12.1 Å². The Labute approximate surface area is 204 Å². The van der Waals surface area contributed by atoms with Gasteiger partial charge in [-0.05, 0) is 47.1 Å². The highest BCUT2D eigenvalue weighted by atomic mass is 35.5. The first-order valence-electron chi connectivity index (χ1n) is 11.4. The number of hydrogen-bond donors (Lipinski definition) is 1. The van der Waals surface area contributed by atoms with Gasteiger partial charge in [-0.2, -0.15) is 0 Å². The Balaban J connectivity index is 1.46. The van der Waals surface area contributed by atoms with Crippen molar-refractivity contribution in [3.05, 3.63) is 112 Å². The Morgan fingerprint density at radius 3 is 2.29 bits per heavy atom. The molecule has 4 rings (SSSR count). The summed E-state index contributed by atoms with van der Waals surface area (Å²) in [4.78, 5) is 28.5. The first-order chi connectivity index (χ1) is 16.4. The van der Waals surface area contributed by atoms with Gasteiger partial charge in [-0.3, -0.25) is 14.6 Å². The number of carbonyl (C=O) groups excluding carboxylic acids is 1. The van der Waals surface area contributed by atoms with Crippen molar-refractivity contribution < 1.29 is 14.7 Å². The van der Waals surface area contributed by atoms with Gasteiger partial charge in [0.2, 0.25) is 0 Å². The quantitative estimate of drug-likeness (QED) is 0.270. The molecule has 3 aromatic carbocycles. The molecule has 0 radical (unpaired) electrons. The van der Waals surface area contributed by atoms with E-state index in [1.807, 2.05) is 72.8 Å². The number of nitrogens with zero attached hydrogens (tertiary/aromatic N) is 1. The number of pyridine rings is 1. The van der Waals surface area contributed by atoms with Crippen LogP contribution in [0, 0.1) is 0 Å². The predicted molar refractivity (Wildman–Crippen MR) is 136 cm³/mol. The van der Waals surface area contributed by atoms with E-state index in [2.05, 4.69) is 11.9 Å². The van der Waals surface area contributed by atoms with Crippen LogP contribution in [0.1, 0.15) is 58.4 Å². The summed E-state index contributed by atoms with van der Waals surface area (Å²) < 4.78 is 0. The van der Waals surface area contributed by atoms with Gasteiger partial charge in [-0.25, -0.2) is 0 Å². The number of aromatic nitrogens is 1. The van der Waals surface area contributed by atoms with Gasteiger partial charge in [-0.15, -0.1) is 0 Å². The third-order valence-electron chi connectivity index (χ3n) is 6.18. The van der Waals surface area contributed by atoms with Crippen LogP contribution in [0.15, 0.2) is 79.0 Å². The predicted octanol–water partition coefficient (Wildman–Crippen LogP) is 6.87. The fourth-order valence-corrected chi connectivity index (χ4v) is 4.41. The molecule has 1 atom stereocenters. The zero-order chi connectivity index (χ0) is 24.1. The monoisotopic (exact) mass is 471 g/mol. The second-order valence-corrected chi connectivity index (χ2v) is 8.97. The molecular weight excluding hydrogens is 446 g/mol. The fourth-order valence-electron chi connectivity index (χ4n) is 4.29. The number of ketones is 1. The van der Waals surface area contributed by atoms with Crippen molar-refractivity contribution in [2.45, 2.75) is 38.5 Å². The van der Waals surface area contributed by atoms with E-state index in [-0.39, 0.29) is 18.1 Å². The summed E-state index contributed by atoms with van der Waals surface area (Å²) in [6, 6.07) is 23.3. The van der Waals surface area contributed by atoms with Crippen molar-refractivity contribution >= 4 is 34.1 Å². The number of hydrogen-bond acceptors (Lipinski definition) is 3. The summed E-state index contributed by atoms with van der Waals surface area (Å²) in [5.74, 6) is -0.742. The summed E-state index contributed by atoms with van der Waals surface area (Å²) in [6.45, 7) is 2.08. The van der Waals surface area contributed by atoms with Crippen molar-refractivity contribution in [2.75, 3.05) is 0 Å². The highest BCUT2D eigenvalue weighted by Gasteiger charge is 2.17. The number of fused-ring (bicyclic) bond motifs is 1. The zero-order valence-corrected chi connectivity index (χ0v) is 19.8. The van der Waals surface area contributed by atoms with Crippen molar-refractivity contribution in [1.82, 2.24) is 4.98 Å². The number of aliphatic carboxylic acids is 1. The second-order valence-electron chi connectivity index (χ2n) is 8.53. The smallest absolute Gasteiger partial charge is 0.307 e. The Bertz CT molecular complexity index is 1310. The molecule has 1 aromatic heterocycles. The standard InChI is InChI=1S/C29H26ClNO3/c1-19(29-26-7-3-2-6-25(26)23(18-31-29)17-28(33)34)21-11-13-22(14-12-21)27(32)8-4-5-20-9-15-24(30)16-10-20/h2-3,6-7,9-16,18-19H,4-5,8,17H2,1H3,(H,33,34). The molecule has 0 saturated heterocycles. The Morgan fingerprint density at radius 2 is 1.62 bits per heavy atom. The number of benzene rings is 3. The minimum atomic E-state index is -0.874. The molecule has 0 bridgehead atoms. The summed E-state index contributed by atoms with van der Waals surface area (Å²) >= 11 is 5.92. The Hall–Kier alpha value is -3.50. The molecule has 0 amide bonds. The van der Waals surface area contributed by atoms with Crippen LogP contribution in [0.3, 0.4) is 0 Å². The molecule has 4 aromatic rings. The van der Waals surface area contributed by atoms with Crippen molar-refractivity contribution in [3.63, 3.8) is 0 Å². The lowest BCUT2D eigenvalue weighted by atomic mass is 9.91. The number of carbonyl (C=O) groups is 2. The molecule has 0 saturated carbocycles. The molecule has 172 valence electrons. The van der Waals surface area contributed by atoms with E-state index in [4.69, 9.17) is 11.6 Å². The zero-order valence-electron chi connectivity index (χ0n) is 19.0. The summed E-state index contributed by atoms with van der Waals surface area (Å²) in [7, 11) is 0. The minimum Gasteiger partial charge on any atom is -0.481 e. The van der Waals surface area contributed by atoms with E-state index in [1.165, 1.54) is 5.56 Å². The lowest BCUT2D eigenvalue weighted by molar-refractivity contribution is -0.136. The molecule has 1 unspecified atom stereocenters. The third-order valence-corrected chi connectivity index (χ3v) is 6.43. The number of Topliss-reactive ketones (excluding diaryl/α,β-unsaturated/α-hetero) is 1. The first-order valence-corrected chi connectivity index (χ1v) is 11.8. The third kappa shape index (κ3) is 5.52. The second kappa shape index (κ2) is 10.6. The molecule has 4 nitrogen and oxygen atoms in total. The minimum absolute atomic E-state index is 0.00200. The van der Waals surface area contributed by atoms with Gasteiger partial charge in [0.25, 0.3) is 0 Å². The maximum atomic E-state index is 12.7. The SMILES string of the molecule is CC(c1ccc(C(=O)CCCc2ccc(Cl)cc2)cc1)c1ncc(CC(=O)O)c2ccccc12. The van der Waals surface area contributed by atoms with E-state index >= 15 is 0 Å². The molecule has 0 aliphatic carbocycles. The van der Waals surface area contributed by atoms with Crippen LogP contribution in [0.25, 0.3) is 10.8 Å². The van der Waals surface area contributed by atoms with E-state index in [9.17, 15) is 14.7 Å². The number of carboxylic acids is 1. The number of carboxylic acid groups (broad SMARTS) is 1. The summed E-state index contributed by atoms with van der Waals surface area (Å²) in [5.41, 5.74) is 4.55. The van der Waals surface area contributed by atoms with Crippen LogP contribution < -0.4 is 0 Å². The van der Waals surface area contributed by atoms with E-state index in [0.29, 0.717) is 22.6 Å². The number of aryl methyl sites for hydroxylation is 1. The molecule has 0 fully saturated rings. The number of rotatable bonds is 9. The molecule has 1 N–H and O–H groups in total. The molecule has 5 heteroatoms. The summed E-state index contributed by atoms with van der Waals surface area (Å²) in [6.07, 6.45) is 3.73. The molecule has 0 aliphatic rings. The van der Waals surface area contributed by atoms with Gasteiger partial charge >= 0.3 is 5.97 Å². The van der Waals surface area contributed by atoms with Crippen LogP contribution in [0.2, 0.25) is 5.02 Å². The van der Waals surface area contributed by atoms with E-state index in [0.717, 1.165) is 34.9 Å². The van der Waals surface area contributed by atoms with Crippen molar-refractivity contribution in [2.24, 2.45) is 0 Å². The molecular formula is C29H26ClNO3. The molecule has 0 aliphatic heterocycles. The van der Waals surface area contributed by atoms with Crippen LogP contribution >= 0.6 is 11.6 Å². The van der Waals surface area contributed by atoms with Crippen LogP contribution in [0.4, 0.5) is 0 Å². The maximum Gasteiger partial charge on any atom is 0.307 e. The normalized spacial score (nSPS) is 11.9. The van der Waals surface area contributed by atoms with Crippen LogP contribution in [-0.2, 0) is 17.6 Å². The fraction of sp³-hybridized carbons (Fsp3) is 0.207. The highest BCUT2D eigenvalue weighted by Crippen LogP contribution is 2.31. The van der Waals surface area contributed by atoms with Gasteiger partial charge < -0.3 is 5.11 Å². The van der Waals surface area contributed by atoms with Crippen molar-refractivity contribution in [1.29, 1.82) is 0 Å². The van der Waals surface area contributed by atoms with Gasteiger partial charge in [0, 0.05) is 34.5 Å². The molecule has 34 heavy (non-hydrogen) atoms. The van der Waals surface area contributed by atoms with Gasteiger partial charge in [0.1, 0.15) is 0 Å². The molecule has 0 spiro atoms. The van der Waals surface area contributed by atoms with Crippen LogP contribution in [-0.4, -0.2) is 21.8 Å². The van der Waals surface area contributed by atoms with Gasteiger partial charge in [0.15, 0.2) is 5.78 Å². The summed E-state index contributed by atoms with van der Waals surface area (Å²) in [5, 5.41) is 11.8. The average molecular weight is 472 g/mol. The maximum absolute atomic E-state index is 12.7. The van der Waals surface area contributed by atoms with E-state index in [1.54, 1.807) is 6.20 Å². The highest BCUT2D eigenvalue weighted by molar-refractivity contribution is 6.30. The first kappa shape index (κ1) is 23.7. The molecule has 1 heterocycles. The van der Waals surface area contributed by atoms with E-state index < -0.39 is 5.97 Å². The topological polar surface area (TPSA) is 67.3 Å². The average Bonchev–Trinajstić information content (AvgIpc) is 2.85. The Kier molecular flexibility index (Phi) is 7.39. The number of halogens is 1. The lowest BCUT2D eigenvalue weighted by Gasteiger charge is -2.16. The van der Waals surface area contributed by atoms with Gasteiger partial charge in [-0.1, -0.05) is 79.2 Å².